The van der Waals surface area contributed by atoms with Crippen molar-refractivity contribution in [3.63, 3.8) is 0 Å². The van der Waals surface area contributed by atoms with E-state index in [0.29, 0.717) is 27.0 Å². The summed E-state index contributed by atoms with van der Waals surface area (Å²) in [6.45, 7) is 2.04. The lowest BCUT2D eigenvalue weighted by Crippen LogP contribution is -2.54. The van der Waals surface area contributed by atoms with Gasteiger partial charge in [-0.15, -0.1) is 0 Å². The number of anilines is 1. The Hall–Kier alpha value is -2.88. The van der Waals surface area contributed by atoms with Crippen molar-refractivity contribution in [2.24, 2.45) is 0 Å². The molecular formula is C25H17Cl2IN2O4. The molecule has 1 fully saturated rings. The van der Waals surface area contributed by atoms with Crippen molar-refractivity contribution in [2.45, 2.75) is 13.5 Å². The number of carbonyl (C=O) groups is 3. The summed E-state index contributed by atoms with van der Waals surface area (Å²) in [4.78, 5) is 38.9. The van der Waals surface area contributed by atoms with Gasteiger partial charge in [0.05, 0.1) is 9.26 Å². The maximum Gasteiger partial charge on any atom is 0.335 e. The summed E-state index contributed by atoms with van der Waals surface area (Å²) in [5.41, 5.74) is 2.41. The summed E-state index contributed by atoms with van der Waals surface area (Å²) in [7, 11) is 0. The van der Waals surface area contributed by atoms with Crippen LogP contribution in [0, 0.1) is 10.5 Å². The number of para-hydroxylation sites is 1. The van der Waals surface area contributed by atoms with E-state index in [-0.39, 0.29) is 12.2 Å². The quantitative estimate of drug-likeness (QED) is 0.215. The molecule has 1 saturated heterocycles. The predicted octanol–water partition coefficient (Wildman–Crippen LogP) is 6.15. The van der Waals surface area contributed by atoms with E-state index in [1.54, 1.807) is 67.6 Å². The second-order valence-corrected chi connectivity index (χ2v) is 9.46. The third-order valence-electron chi connectivity index (χ3n) is 5.12. The average molecular weight is 607 g/mol. The van der Waals surface area contributed by atoms with Gasteiger partial charge in [-0.1, -0.05) is 53.5 Å². The number of amides is 4. The number of aryl methyl sites for hydroxylation is 1. The number of rotatable bonds is 5. The number of urea groups is 1. The van der Waals surface area contributed by atoms with E-state index in [9.17, 15) is 14.4 Å². The number of barbiturate groups is 1. The second kappa shape index (κ2) is 10.2. The molecule has 0 spiro atoms. The monoisotopic (exact) mass is 606 g/mol. The molecule has 1 N–H and O–H groups in total. The van der Waals surface area contributed by atoms with Crippen LogP contribution in [-0.4, -0.2) is 17.8 Å². The summed E-state index contributed by atoms with van der Waals surface area (Å²) in [5.74, 6) is -0.812. The molecule has 1 aliphatic rings. The maximum absolute atomic E-state index is 13.1. The molecule has 0 aliphatic carbocycles. The highest BCUT2D eigenvalue weighted by atomic mass is 127. The Bertz CT molecular complexity index is 1360. The molecule has 0 atom stereocenters. The number of carbonyl (C=O) groups excluding carboxylic acids is 3. The van der Waals surface area contributed by atoms with Crippen LogP contribution in [0.1, 0.15) is 16.7 Å². The molecule has 0 saturated carbocycles. The van der Waals surface area contributed by atoms with Gasteiger partial charge in [-0.25, -0.2) is 9.69 Å². The molecule has 3 aromatic rings. The van der Waals surface area contributed by atoms with Gasteiger partial charge in [0.2, 0.25) is 0 Å². The third-order valence-corrected chi connectivity index (χ3v) is 6.55. The Morgan fingerprint density at radius 3 is 2.50 bits per heavy atom. The Morgan fingerprint density at radius 2 is 1.79 bits per heavy atom. The Balaban J connectivity index is 1.57. The zero-order chi connectivity index (χ0) is 24.4. The summed E-state index contributed by atoms with van der Waals surface area (Å²) >= 11 is 14.2. The number of benzene rings is 3. The summed E-state index contributed by atoms with van der Waals surface area (Å²) in [5, 5.41) is 3.30. The van der Waals surface area contributed by atoms with Crippen LogP contribution in [0.3, 0.4) is 0 Å². The zero-order valence-corrected chi connectivity index (χ0v) is 21.4. The first-order chi connectivity index (χ1) is 16.2. The predicted molar refractivity (Wildman–Crippen MR) is 140 cm³/mol. The first-order valence-corrected chi connectivity index (χ1v) is 11.9. The third kappa shape index (κ3) is 5.11. The van der Waals surface area contributed by atoms with Crippen molar-refractivity contribution in [1.29, 1.82) is 0 Å². The summed E-state index contributed by atoms with van der Waals surface area (Å²) < 4.78 is 6.65. The van der Waals surface area contributed by atoms with Gasteiger partial charge in [0, 0.05) is 15.6 Å². The molecule has 0 bridgehead atoms. The van der Waals surface area contributed by atoms with E-state index < -0.39 is 17.8 Å². The Kier molecular flexibility index (Phi) is 7.25. The van der Waals surface area contributed by atoms with Gasteiger partial charge in [0.1, 0.15) is 17.9 Å². The van der Waals surface area contributed by atoms with Crippen molar-refractivity contribution < 1.29 is 19.1 Å². The SMILES string of the molecule is Cc1ccccc1N1C(=O)NC(=O)/C(=C\c2ccc(OCc3ccc(Cl)cc3Cl)c(I)c2)C1=O. The fourth-order valence-corrected chi connectivity index (χ4v) is 4.53. The van der Waals surface area contributed by atoms with Gasteiger partial charge in [-0.2, -0.15) is 0 Å². The van der Waals surface area contributed by atoms with E-state index in [1.165, 1.54) is 6.08 Å². The van der Waals surface area contributed by atoms with Crippen LogP contribution < -0.4 is 15.0 Å². The smallest absolute Gasteiger partial charge is 0.335 e. The number of imide groups is 2. The standard InChI is InChI=1S/C25H17Cl2IN2O4/c1-14-4-2-3-5-21(14)30-24(32)18(23(31)29-25(30)33)10-15-6-9-22(20(28)11-15)34-13-16-7-8-17(26)12-19(16)27/h2-12H,13H2,1H3,(H,29,31,33)/b18-10+. The molecule has 172 valence electrons. The number of hydrogen-bond donors (Lipinski definition) is 1. The summed E-state index contributed by atoms with van der Waals surface area (Å²) in [6.07, 6.45) is 1.46. The van der Waals surface area contributed by atoms with Crippen molar-refractivity contribution in [3.05, 3.63) is 96.5 Å². The van der Waals surface area contributed by atoms with E-state index in [1.807, 2.05) is 0 Å². The Morgan fingerprint density at radius 1 is 1.03 bits per heavy atom. The second-order valence-electron chi connectivity index (χ2n) is 7.46. The normalized spacial score (nSPS) is 15.0. The van der Waals surface area contributed by atoms with E-state index >= 15 is 0 Å². The van der Waals surface area contributed by atoms with Crippen molar-refractivity contribution >= 4 is 75.4 Å². The highest BCUT2D eigenvalue weighted by Crippen LogP contribution is 2.28. The van der Waals surface area contributed by atoms with E-state index in [2.05, 4.69) is 27.9 Å². The topological polar surface area (TPSA) is 75.7 Å². The van der Waals surface area contributed by atoms with E-state index in [0.717, 1.165) is 19.6 Å². The van der Waals surface area contributed by atoms with Gasteiger partial charge in [-0.05, 0) is 77.0 Å². The first kappa shape index (κ1) is 24.3. The Labute approximate surface area is 219 Å². The van der Waals surface area contributed by atoms with Crippen LogP contribution in [0.4, 0.5) is 10.5 Å². The molecule has 0 unspecified atom stereocenters. The molecule has 1 heterocycles. The molecule has 34 heavy (non-hydrogen) atoms. The lowest BCUT2D eigenvalue weighted by molar-refractivity contribution is -0.122. The fraction of sp³-hybridized carbons (Fsp3) is 0.0800. The minimum absolute atomic E-state index is 0.139. The zero-order valence-electron chi connectivity index (χ0n) is 17.8. The molecule has 9 heteroatoms. The van der Waals surface area contributed by atoms with Gasteiger partial charge >= 0.3 is 6.03 Å². The highest BCUT2D eigenvalue weighted by Gasteiger charge is 2.37. The number of nitrogens with zero attached hydrogens (tertiary/aromatic N) is 1. The molecule has 6 nitrogen and oxygen atoms in total. The molecule has 3 aromatic carbocycles. The number of nitrogens with one attached hydrogen (secondary N) is 1. The number of hydrogen-bond acceptors (Lipinski definition) is 4. The van der Waals surface area contributed by atoms with E-state index in [4.69, 9.17) is 27.9 Å². The minimum Gasteiger partial charge on any atom is -0.488 e. The molecule has 4 amide bonds. The van der Waals surface area contributed by atoms with Crippen LogP contribution in [0.25, 0.3) is 6.08 Å². The lowest BCUT2D eigenvalue weighted by Gasteiger charge is -2.27. The molecule has 4 rings (SSSR count). The van der Waals surface area contributed by atoms with Gasteiger partial charge < -0.3 is 4.74 Å². The van der Waals surface area contributed by atoms with Gasteiger partial charge in [0.15, 0.2) is 0 Å². The largest absolute Gasteiger partial charge is 0.488 e. The highest BCUT2D eigenvalue weighted by molar-refractivity contribution is 14.1. The first-order valence-electron chi connectivity index (χ1n) is 10.1. The summed E-state index contributed by atoms with van der Waals surface area (Å²) in [6, 6.07) is 16.6. The molecule has 1 aliphatic heterocycles. The van der Waals surface area contributed by atoms with Gasteiger partial charge in [-0.3, -0.25) is 14.9 Å². The van der Waals surface area contributed by atoms with Crippen LogP contribution in [0.15, 0.2) is 66.2 Å². The number of halogens is 3. The number of ether oxygens (including phenoxy) is 1. The van der Waals surface area contributed by atoms with Crippen LogP contribution in [0.5, 0.6) is 5.75 Å². The fourth-order valence-electron chi connectivity index (χ4n) is 3.38. The molecular weight excluding hydrogens is 590 g/mol. The van der Waals surface area contributed by atoms with Crippen LogP contribution in [-0.2, 0) is 16.2 Å². The molecule has 0 radical (unpaired) electrons. The van der Waals surface area contributed by atoms with Crippen molar-refractivity contribution in [2.75, 3.05) is 4.90 Å². The van der Waals surface area contributed by atoms with Gasteiger partial charge in [0.25, 0.3) is 11.8 Å². The van der Waals surface area contributed by atoms with Crippen molar-refractivity contribution in [3.8, 4) is 5.75 Å². The maximum atomic E-state index is 13.1. The van der Waals surface area contributed by atoms with Crippen LogP contribution >= 0.6 is 45.8 Å². The average Bonchev–Trinajstić information content (AvgIpc) is 2.78. The molecule has 0 aromatic heterocycles. The van der Waals surface area contributed by atoms with Crippen LogP contribution in [0.2, 0.25) is 10.0 Å². The minimum atomic E-state index is -0.777. The van der Waals surface area contributed by atoms with Crippen molar-refractivity contribution in [1.82, 2.24) is 5.32 Å². The lowest BCUT2D eigenvalue weighted by atomic mass is 10.1.